The second-order valence-corrected chi connectivity index (χ2v) is 5.73. The molecule has 1 aliphatic rings. The van der Waals surface area contributed by atoms with Gasteiger partial charge in [0.25, 0.3) is 0 Å². The molecule has 3 heteroatoms. The maximum atomic E-state index is 11.1. The molecule has 2 rings (SSSR count). The third-order valence-electron chi connectivity index (χ3n) is 4.25. The number of aryl methyl sites for hydroxylation is 1. The number of carbonyl (C=O) groups excluding carboxylic acids is 1. The highest BCUT2D eigenvalue weighted by Gasteiger charge is 2.20. The zero-order chi connectivity index (χ0) is 13.8. The average molecular weight is 260 g/mol. The van der Waals surface area contributed by atoms with E-state index in [-0.39, 0.29) is 5.91 Å². The van der Waals surface area contributed by atoms with Crippen LogP contribution < -0.4 is 11.1 Å². The maximum absolute atomic E-state index is 11.1. The van der Waals surface area contributed by atoms with Gasteiger partial charge in [-0.2, -0.15) is 0 Å². The molecule has 19 heavy (non-hydrogen) atoms. The average Bonchev–Trinajstić information content (AvgIpc) is 2.41. The Morgan fingerprint density at radius 1 is 1.32 bits per heavy atom. The van der Waals surface area contributed by atoms with E-state index in [1.54, 1.807) is 6.07 Å². The van der Waals surface area contributed by atoms with Crippen molar-refractivity contribution >= 4 is 11.6 Å². The van der Waals surface area contributed by atoms with E-state index in [1.807, 2.05) is 19.1 Å². The monoisotopic (exact) mass is 260 g/mol. The lowest BCUT2D eigenvalue weighted by Crippen LogP contribution is -2.28. The molecule has 104 valence electrons. The molecule has 1 fully saturated rings. The smallest absolute Gasteiger partial charge is 0.248 e. The van der Waals surface area contributed by atoms with Crippen LogP contribution in [0.15, 0.2) is 18.2 Å². The molecular formula is C16H24N2O. The van der Waals surface area contributed by atoms with Crippen LogP contribution in [0.3, 0.4) is 0 Å². The first-order valence-electron chi connectivity index (χ1n) is 7.25. The van der Waals surface area contributed by atoms with Gasteiger partial charge in [-0.3, -0.25) is 4.79 Å². The minimum atomic E-state index is -0.366. The highest BCUT2D eigenvalue weighted by Crippen LogP contribution is 2.28. The fraction of sp³-hybridized carbons (Fsp3) is 0.562. The zero-order valence-corrected chi connectivity index (χ0v) is 11.9. The molecule has 0 aromatic heterocycles. The minimum absolute atomic E-state index is 0.366. The van der Waals surface area contributed by atoms with Gasteiger partial charge in [0.15, 0.2) is 0 Å². The lowest BCUT2D eigenvalue weighted by molar-refractivity contribution is 0.1000. The van der Waals surface area contributed by atoms with Crippen LogP contribution in [0.1, 0.15) is 54.9 Å². The van der Waals surface area contributed by atoms with Gasteiger partial charge >= 0.3 is 0 Å². The molecule has 1 aliphatic carbocycles. The predicted molar refractivity (Wildman–Crippen MR) is 79.4 cm³/mol. The Hall–Kier alpha value is -1.51. The largest absolute Gasteiger partial charge is 0.382 e. The van der Waals surface area contributed by atoms with Crippen molar-refractivity contribution < 1.29 is 4.79 Å². The van der Waals surface area contributed by atoms with Crippen LogP contribution in [0.5, 0.6) is 0 Å². The van der Waals surface area contributed by atoms with Crippen LogP contribution in [-0.2, 0) is 0 Å². The van der Waals surface area contributed by atoms with Crippen LogP contribution in [0, 0.1) is 12.8 Å². The van der Waals surface area contributed by atoms with Gasteiger partial charge in [0.2, 0.25) is 5.91 Å². The highest BCUT2D eigenvalue weighted by atomic mass is 16.1. The number of carbonyl (C=O) groups is 1. The second kappa shape index (κ2) is 6.09. The Morgan fingerprint density at radius 3 is 2.58 bits per heavy atom. The van der Waals surface area contributed by atoms with Crippen LogP contribution in [0.2, 0.25) is 0 Å². The van der Waals surface area contributed by atoms with E-state index in [9.17, 15) is 4.79 Å². The predicted octanol–water partition coefficient (Wildman–Crippen LogP) is 3.47. The lowest BCUT2D eigenvalue weighted by Gasteiger charge is -2.29. The summed E-state index contributed by atoms with van der Waals surface area (Å²) >= 11 is 0. The molecule has 3 nitrogen and oxygen atoms in total. The third-order valence-corrected chi connectivity index (χ3v) is 4.25. The molecule has 1 atom stereocenters. The molecule has 1 aromatic carbocycles. The molecule has 0 bridgehead atoms. The van der Waals surface area contributed by atoms with Crippen LogP contribution in [-0.4, -0.2) is 11.9 Å². The number of hydrogen-bond acceptors (Lipinski definition) is 2. The Morgan fingerprint density at radius 2 is 2.00 bits per heavy atom. The van der Waals surface area contributed by atoms with Gasteiger partial charge < -0.3 is 11.1 Å². The van der Waals surface area contributed by atoms with Gasteiger partial charge in [-0.05, 0) is 56.4 Å². The lowest BCUT2D eigenvalue weighted by atomic mass is 9.84. The zero-order valence-electron chi connectivity index (χ0n) is 11.9. The number of benzene rings is 1. The van der Waals surface area contributed by atoms with E-state index in [0.717, 1.165) is 17.2 Å². The normalized spacial score (nSPS) is 18.0. The van der Waals surface area contributed by atoms with E-state index in [2.05, 4.69) is 12.2 Å². The number of nitrogens with two attached hydrogens (primary N) is 1. The number of anilines is 1. The van der Waals surface area contributed by atoms with Gasteiger partial charge in [-0.1, -0.05) is 19.3 Å². The molecule has 3 N–H and O–H groups in total. The summed E-state index contributed by atoms with van der Waals surface area (Å²) in [6, 6.07) is 6.11. The first-order chi connectivity index (χ1) is 9.08. The van der Waals surface area contributed by atoms with E-state index in [0.29, 0.717) is 11.6 Å². The molecular weight excluding hydrogens is 236 g/mol. The highest BCUT2D eigenvalue weighted by molar-refractivity contribution is 5.93. The van der Waals surface area contributed by atoms with Crippen LogP contribution in [0.4, 0.5) is 5.69 Å². The molecule has 0 spiro atoms. The van der Waals surface area contributed by atoms with Crippen LogP contribution >= 0.6 is 0 Å². The summed E-state index contributed by atoms with van der Waals surface area (Å²) in [6.07, 6.45) is 6.75. The van der Waals surface area contributed by atoms with Gasteiger partial charge in [-0.25, -0.2) is 0 Å². The van der Waals surface area contributed by atoms with Crippen molar-refractivity contribution in [2.45, 2.75) is 52.0 Å². The molecule has 1 aromatic rings. The van der Waals surface area contributed by atoms with Gasteiger partial charge in [0.05, 0.1) is 0 Å². The first-order valence-corrected chi connectivity index (χ1v) is 7.25. The molecule has 1 saturated carbocycles. The quantitative estimate of drug-likeness (QED) is 0.871. The topological polar surface area (TPSA) is 55.1 Å². The minimum Gasteiger partial charge on any atom is -0.382 e. The van der Waals surface area contributed by atoms with Crippen molar-refractivity contribution in [3.05, 3.63) is 29.3 Å². The maximum Gasteiger partial charge on any atom is 0.248 e. The van der Waals surface area contributed by atoms with Crippen molar-refractivity contribution in [1.29, 1.82) is 0 Å². The summed E-state index contributed by atoms with van der Waals surface area (Å²) in [5.74, 6) is 0.402. The van der Waals surface area contributed by atoms with Crippen LogP contribution in [0.25, 0.3) is 0 Å². The van der Waals surface area contributed by atoms with E-state index >= 15 is 0 Å². The third kappa shape index (κ3) is 3.49. The molecule has 0 aliphatic heterocycles. The summed E-state index contributed by atoms with van der Waals surface area (Å²) < 4.78 is 0. The fourth-order valence-corrected chi connectivity index (χ4v) is 2.98. The van der Waals surface area contributed by atoms with Gasteiger partial charge in [0, 0.05) is 17.3 Å². The summed E-state index contributed by atoms with van der Waals surface area (Å²) in [7, 11) is 0. The summed E-state index contributed by atoms with van der Waals surface area (Å²) in [5.41, 5.74) is 8.07. The molecule has 1 unspecified atom stereocenters. The number of rotatable bonds is 4. The first kappa shape index (κ1) is 13.9. The number of amides is 1. The number of nitrogens with one attached hydrogen (secondary N) is 1. The van der Waals surface area contributed by atoms with E-state index in [1.165, 1.54) is 32.1 Å². The molecule has 0 heterocycles. The van der Waals surface area contributed by atoms with Crippen molar-refractivity contribution in [2.24, 2.45) is 11.7 Å². The Balaban J connectivity index is 2.03. The number of hydrogen-bond donors (Lipinski definition) is 2. The van der Waals surface area contributed by atoms with Gasteiger partial charge in [-0.15, -0.1) is 0 Å². The Kier molecular flexibility index (Phi) is 4.46. The number of primary amides is 1. The molecule has 0 radical (unpaired) electrons. The van der Waals surface area contributed by atoms with E-state index in [4.69, 9.17) is 5.73 Å². The Bertz CT molecular complexity index is 450. The van der Waals surface area contributed by atoms with E-state index < -0.39 is 0 Å². The van der Waals surface area contributed by atoms with Crippen molar-refractivity contribution in [3.8, 4) is 0 Å². The molecule has 0 saturated heterocycles. The Labute approximate surface area is 115 Å². The summed E-state index contributed by atoms with van der Waals surface area (Å²) in [5, 5.41) is 3.59. The van der Waals surface area contributed by atoms with Crippen molar-refractivity contribution in [2.75, 3.05) is 5.32 Å². The standard InChI is InChI=1S/C16H24N2O/c1-11-10-14(16(17)19)8-9-15(11)18-12(2)13-6-4-3-5-7-13/h8-10,12-13,18H,3-7H2,1-2H3,(H2,17,19). The van der Waals surface area contributed by atoms with Gasteiger partial charge in [0.1, 0.15) is 0 Å². The SMILES string of the molecule is Cc1cc(C(N)=O)ccc1NC(C)C1CCCCC1. The van der Waals surface area contributed by atoms with Crippen molar-refractivity contribution in [3.63, 3.8) is 0 Å². The fourth-order valence-electron chi connectivity index (χ4n) is 2.98. The summed E-state index contributed by atoms with van der Waals surface area (Å²) in [4.78, 5) is 11.1. The van der Waals surface area contributed by atoms with Crippen molar-refractivity contribution in [1.82, 2.24) is 0 Å². The molecule has 1 amide bonds. The summed E-state index contributed by atoms with van der Waals surface area (Å²) in [6.45, 7) is 4.28. The second-order valence-electron chi connectivity index (χ2n) is 5.73.